The molecule has 0 amide bonds. The SMILES string of the molecule is CCCCCCCCCCCCC=COC(=O)OC=CCCCCCCCCCCCC. The van der Waals surface area contributed by atoms with E-state index in [-0.39, 0.29) is 0 Å². The van der Waals surface area contributed by atoms with Gasteiger partial charge < -0.3 is 9.47 Å². The van der Waals surface area contributed by atoms with Crippen molar-refractivity contribution in [3.63, 3.8) is 0 Å². The van der Waals surface area contributed by atoms with Gasteiger partial charge in [0.1, 0.15) is 0 Å². The van der Waals surface area contributed by atoms with Crippen LogP contribution in [-0.4, -0.2) is 6.16 Å². The lowest BCUT2D eigenvalue weighted by Gasteiger charge is -2.01. The van der Waals surface area contributed by atoms with E-state index < -0.39 is 6.16 Å². The van der Waals surface area contributed by atoms with Crippen LogP contribution in [0.5, 0.6) is 0 Å². The number of hydrogen-bond acceptors (Lipinski definition) is 3. The molecule has 0 N–H and O–H groups in total. The molecule has 0 unspecified atom stereocenters. The molecular formula is C29H54O3. The van der Waals surface area contributed by atoms with Crippen LogP contribution >= 0.6 is 0 Å². The van der Waals surface area contributed by atoms with Gasteiger partial charge in [-0.15, -0.1) is 0 Å². The van der Waals surface area contributed by atoms with Gasteiger partial charge in [0.25, 0.3) is 0 Å². The summed E-state index contributed by atoms with van der Waals surface area (Å²) >= 11 is 0. The van der Waals surface area contributed by atoms with E-state index in [0.29, 0.717) is 0 Å². The first-order valence-electron chi connectivity index (χ1n) is 14.0. The molecule has 0 aromatic rings. The van der Waals surface area contributed by atoms with Gasteiger partial charge in [0.15, 0.2) is 0 Å². The molecule has 0 saturated carbocycles. The van der Waals surface area contributed by atoms with E-state index in [9.17, 15) is 4.79 Å². The maximum Gasteiger partial charge on any atom is 0.518 e. The predicted molar refractivity (Wildman–Crippen MR) is 139 cm³/mol. The topological polar surface area (TPSA) is 35.5 Å². The third-order valence-electron chi connectivity index (χ3n) is 5.97. The molecule has 0 aromatic heterocycles. The monoisotopic (exact) mass is 450 g/mol. The molecule has 0 fully saturated rings. The first-order valence-corrected chi connectivity index (χ1v) is 14.0. The van der Waals surface area contributed by atoms with Gasteiger partial charge in [-0.1, -0.05) is 129 Å². The van der Waals surface area contributed by atoms with Gasteiger partial charge in [0.05, 0.1) is 12.5 Å². The van der Waals surface area contributed by atoms with Crippen molar-refractivity contribution in [1.29, 1.82) is 0 Å². The number of ether oxygens (including phenoxy) is 2. The Morgan fingerprint density at radius 2 is 0.750 bits per heavy atom. The first-order chi connectivity index (χ1) is 15.8. The van der Waals surface area contributed by atoms with Crippen LogP contribution < -0.4 is 0 Å². The van der Waals surface area contributed by atoms with Crippen LogP contribution in [0.25, 0.3) is 0 Å². The summed E-state index contributed by atoms with van der Waals surface area (Å²) < 4.78 is 9.90. The zero-order chi connectivity index (χ0) is 23.4. The average molecular weight is 451 g/mol. The Hall–Kier alpha value is -1.25. The lowest BCUT2D eigenvalue weighted by molar-refractivity contribution is 0.119. The van der Waals surface area contributed by atoms with Crippen molar-refractivity contribution >= 4 is 6.16 Å². The number of carbonyl (C=O) groups excluding carboxylic acids is 1. The molecule has 0 bridgehead atoms. The largest absolute Gasteiger partial charge is 0.518 e. The fraction of sp³-hybridized carbons (Fsp3) is 0.828. The second kappa shape index (κ2) is 27.8. The molecule has 0 rings (SSSR count). The zero-order valence-corrected chi connectivity index (χ0v) is 21.6. The van der Waals surface area contributed by atoms with Gasteiger partial charge in [0, 0.05) is 0 Å². The molecule has 0 heterocycles. The Morgan fingerprint density at radius 3 is 1.06 bits per heavy atom. The van der Waals surface area contributed by atoms with Crippen LogP contribution in [0.3, 0.4) is 0 Å². The highest BCUT2D eigenvalue weighted by Gasteiger charge is 1.97. The van der Waals surface area contributed by atoms with Gasteiger partial charge in [-0.25, -0.2) is 4.79 Å². The van der Waals surface area contributed by atoms with Gasteiger partial charge in [0.2, 0.25) is 0 Å². The minimum Gasteiger partial charge on any atom is -0.403 e. The van der Waals surface area contributed by atoms with Crippen LogP contribution in [0.1, 0.15) is 155 Å². The van der Waals surface area contributed by atoms with Gasteiger partial charge >= 0.3 is 6.16 Å². The predicted octanol–water partition coefficient (Wildman–Crippen LogP) is 10.8. The van der Waals surface area contributed by atoms with E-state index >= 15 is 0 Å². The highest BCUT2D eigenvalue weighted by molar-refractivity contribution is 5.61. The summed E-state index contributed by atoms with van der Waals surface area (Å²) in [5.74, 6) is 0. The van der Waals surface area contributed by atoms with Crippen LogP contribution in [0.4, 0.5) is 4.79 Å². The van der Waals surface area contributed by atoms with Crippen LogP contribution in [0.15, 0.2) is 24.7 Å². The lowest BCUT2D eigenvalue weighted by Crippen LogP contribution is -1.97. The Bertz CT molecular complexity index is 390. The maximum atomic E-state index is 11.5. The summed E-state index contributed by atoms with van der Waals surface area (Å²) in [6, 6.07) is 0. The van der Waals surface area contributed by atoms with Crippen LogP contribution in [0.2, 0.25) is 0 Å². The third kappa shape index (κ3) is 26.8. The minimum atomic E-state index is -0.649. The molecule has 3 nitrogen and oxygen atoms in total. The van der Waals surface area contributed by atoms with Gasteiger partial charge in [-0.05, 0) is 37.8 Å². The molecule has 32 heavy (non-hydrogen) atoms. The van der Waals surface area contributed by atoms with Crippen molar-refractivity contribution in [2.24, 2.45) is 0 Å². The molecule has 0 radical (unpaired) electrons. The van der Waals surface area contributed by atoms with Crippen LogP contribution in [-0.2, 0) is 9.47 Å². The van der Waals surface area contributed by atoms with Gasteiger partial charge in [-0.2, -0.15) is 0 Å². The zero-order valence-electron chi connectivity index (χ0n) is 21.6. The number of hydrogen-bond donors (Lipinski definition) is 0. The molecular weight excluding hydrogens is 396 g/mol. The summed E-state index contributed by atoms with van der Waals surface area (Å²) in [7, 11) is 0. The first kappa shape index (κ1) is 30.8. The number of carbonyl (C=O) groups is 1. The van der Waals surface area contributed by atoms with E-state index in [1.807, 2.05) is 12.2 Å². The fourth-order valence-corrected chi connectivity index (χ4v) is 3.87. The van der Waals surface area contributed by atoms with E-state index in [1.54, 1.807) is 0 Å². The van der Waals surface area contributed by atoms with Crippen LogP contribution in [0, 0.1) is 0 Å². The number of unbranched alkanes of at least 4 members (excludes halogenated alkanes) is 20. The number of allylic oxidation sites excluding steroid dienone is 2. The van der Waals surface area contributed by atoms with E-state index in [2.05, 4.69) is 13.8 Å². The second-order valence-electron chi connectivity index (χ2n) is 9.17. The van der Waals surface area contributed by atoms with Crippen molar-refractivity contribution < 1.29 is 14.3 Å². The Labute approximate surface area is 200 Å². The molecule has 3 heteroatoms. The second-order valence-corrected chi connectivity index (χ2v) is 9.17. The van der Waals surface area contributed by atoms with E-state index in [1.165, 1.54) is 128 Å². The molecule has 0 atom stereocenters. The van der Waals surface area contributed by atoms with E-state index in [4.69, 9.17) is 9.47 Å². The Kier molecular flexibility index (Phi) is 26.7. The maximum absolute atomic E-state index is 11.5. The molecule has 0 aliphatic rings. The molecule has 0 aromatic carbocycles. The Balaban J connectivity index is 3.31. The van der Waals surface area contributed by atoms with Crippen molar-refractivity contribution in [3.8, 4) is 0 Å². The summed E-state index contributed by atoms with van der Waals surface area (Å²) in [5.41, 5.74) is 0. The quantitative estimate of drug-likeness (QED) is 0.0833. The van der Waals surface area contributed by atoms with Crippen molar-refractivity contribution in [2.45, 2.75) is 155 Å². The van der Waals surface area contributed by atoms with Crippen molar-refractivity contribution in [3.05, 3.63) is 24.7 Å². The molecule has 188 valence electrons. The summed E-state index contributed by atoms with van der Waals surface area (Å²) in [5, 5.41) is 0. The summed E-state index contributed by atoms with van der Waals surface area (Å²) in [4.78, 5) is 11.5. The normalized spacial score (nSPS) is 11.6. The summed E-state index contributed by atoms with van der Waals surface area (Å²) in [6.45, 7) is 4.53. The van der Waals surface area contributed by atoms with Crippen molar-refractivity contribution in [2.75, 3.05) is 0 Å². The lowest BCUT2D eigenvalue weighted by atomic mass is 10.1. The standard InChI is InChI=1S/C29H54O3/c1-3-5-7-9-11-13-15-17-19-21-23-25-27-31-29(30)32-28-26-24-22-20-18-16-14-12-10-8-6-4-2/h25-28H,3-24H2,1-2H3. The third-order valence-corrected chi connectivity index (χ3v) is 5.97. The molecule has 0 spiro atoms. The molecule has 0 aliphatic carbocycles. The molecule has 0 saturated heterocycles. The summed E-state index contributed by atoms with van der Waals surface area (Å²) in [6.07, 6.45) is 34.7. The smallest absolute Gasteiger partial charge is 0.403 e. The Morgan fingerprint density at radius 1 is 0.469 bits per heavy atom. The fourth-order valence-electron chi connectivity index (χ4n) is 3.87. The average Bonchev–Trinajstić information content (AvgIpc) is 2.80. The van der Waals surface area contributed by atoms with Crippen molar-refractivity contribution in [1.82, 2.24) is 0 Å². The van der Waals surface area contributed by atoms with E-state index in [0.717, 1.165) is 25.7 Å². The van der Waals surface area contributed by atoms with Gasteiger partial charge in [-0.3, -0.25) is 0 Å². The highest BCUT2D eigenvalue weighted by Crippen LogP contribution is 2.12. The molecule has 0 aliphatic heterocycles. The number of rotatable bonds is 24. The minimum absolute atomic E-state index is 0.649. The highest BCUT2D eigenvalue weighted by atomic mass is 16.7.